The third-order valence-electron chi connectivity index (χ3n) is 5.61. The minimum atomic E-state index is -1.26. The minimum absolute atomic E-state index is 0.277. The molecule has 0 saturated carbocycles. The number of rotatable bonds is 7. The first-order valence-corrected chi connectivity index (χ1v) is 12.0. The molecule has 35 heavy (non-hydrogen) atoms. The fraction of sp³-hybridized carbons (Fsp3) is 0.269. The quantitative estimate of drug-likeness (QED) is 0.415. The van der Waals surface area contributed by atoms with Crippen LogP contribution in [0.2, 0.25) is 0 Å². The predicted octanol–water partition coefficient (Wildman–Crippen LogP) is 4.33. The Kier molecular flexibility index (Phi) is 9.39. The monoisotopic (exact) mass is 495 g/mol. The average molecular weight is 496 g/mol. The SMILES string of the molecule is CN(c1nc2cc(O)ccc2s1)C1CCN(CC=Cc2ccccc2)CC1.O=C(O)C=CC(=O)O. The zero-order valence-electron chi connectivity index (χ0n) is 19.4. The number of aromatic hydroxyl groups is 1. The van der Waals surface area contributed by atoms with E-state index in [0.29, 0.717) is 18.2 Å². The number of carbonyl (C=O) groups is 2. The van der Waals surface area contributed by atoms with Crippen molar-refractivity contribution in [3.8, 4) is 5.75 Å². The van der Waals surface area contributed by atoms with Gasteiger partial charge >= 0.3 is 11.9 Å². The van der Waals surface area contributed by atoms with E-state index in [2.05, 4.69) is 53.3 Å². The fourth-order valence-electron chi connectivity index (χ4n) is 3.74. The highest BCUT2D eigenvalue weighted by molar-refractivity contribution is 7.22. The minimum Gasteiger partial charge on any atom is -0.508 e. The van der Waals surface area contributed by atoms with E-state index in [-0.39, 0.29) is 5.75 Å². The molecule has 2 heterocycles. The van der Waals surface area contributed by atoms with Crippen molar-refractivity contribution in [1.82, 2.24) is 9.88 Å². The largest absolute Gasteiger partial charge is 0.508 e. The first-order chi connectivity index (χ1) is 16.8. The van der Waals surface area contributed by atoms with Crippen LogP contribution < -0.4 is 4.90 Å². The molecule has 0 unspecified atom stereocenters. The van der Waals surface area contributed by atoms with Crippen molar-refractivity contribution >= 4 is 44.7 Å². The molecule has 0 aliphatic carbocycles. The molecule has 0 radical (unpaired) electrons. The summed E-state index contributed by atoms with van der Waals surface area (Å²) in [5, 5.41) is 26.3. The summed E-state index contributed by atoms with van der Waals surface area (Å²) in [5.41, 5.74) is 2.14. The van der Waals surface area contributed by atoms with Crippen molar-refractivity contribution < 1.29 is 24.9 Å². The number of benzene rings is 2. The number of carboxylic acid groups (broad SMARTS) is 2. The first-order valence-electron chi connectivity index (χ1n) is 11.2. The Labute approximate surface area is 208 Å². The number of hydrogen-bond acceptors (Lipinski definition) is 7. The van der Waals surface area contributed by atoms with Gasteiger partial charge in [-0.05, 0) is 30.5 Å². The molecule has 1 aromatic heterocycles. The number of piperidine rings is 1. The van der Waals surface area contributed by atoms with Gasteiger partial charge in [-0.1, -0.05) is 53.8 Å². The number of anilines is 1. The Hall–Kier alpha value is -3.69. The maximum atomic E-state index is 9.64. The standard InChI is InChI=1S/C22H25N3OS.C4H4O4/c1-24(22-23-20-16-19(26)9-10-21(20)27-22)18-11-14-25(15-12-18)13-5-8-17-6-3-2-4-7-17;5-3(6)1-2-4(7)8/h2-10,16,18,26H,11-15H2,1H3;1-2H,(H,5,6)(H,7,8). The van der Waals surface area contributed by atoms with E-state index in [0.717, 1.165) is 47.8 Å². The van der Waals surface area contributed by atoms with Gasteiger partial charge in [-0.3, -0.25) is 4.90 Å². The second-order valence-corrected chi connectivity index (χ2v) is 9.12. The number of nitrogens with zero attached hydrogens (tertiary/aromatic N) is 3. The summed E-state index contributed by atoms with van der Waals surface area (Å²) >= 11 is 1.70. The molecule has 9 heteroatoms. The second kappa shape index (κ2) is 12.7. The van der Waals surface area contributed by atoms with Crippen molar-refractivity contribution in [1.29, 1.82) is 0 Å². The molecule has 0 amide bonds. The lowest BCUT2D eigenvalue weighted by Gasteiger charge is -2.36. The molecule has 2 aromatic carbocycles. The molecule has 3 aromatic rings. The summed E-state index contributed by atoms with van der Waals surface area (Å²) in [6.07, 6.45) is 7.88. The van der Waals surface area contributed by atoms with E-state index in [1.54, 1.807) is 23.5 Å². The first kappa shape index (κ1) is 25.9. The number of aromatic nitrogens is 1. The summed E-state index contributed by atoms with van der Waals surface area (Å²) in [4.78, 5) is 28.7. The zero-order valence-corrected chi connectivity index (χ0v) is 20.3. The maximum Gasteiger partial charge on any atom is 0.328 e. The highest BCUT2D eigenvalue weighted by atomic mass is 32.1. The highest BCUT2D eigenvalue weighted by Crippen LogP contribution is 2.32. The third kappa shape index (κ3) is 8.24. The topological polar surface area (TPSA) is 114 Å². The van der Waals surface area contributed by atoms with E-state index < -0.39 is 11.9 Å². The van der Waals surface area contributed by atoms with Crippen LogP contribution in [-0.4, -0.2) is 69.9 Å². The molecule has 1 aliphatic heterocycles. The van der Waals surface area contributed by atoms with Crippen LogP contribution in [0.4, 0.5) is 5.13 Å². The van der Waals surface area contributed by atoms with Crippen LogP contribution >= 0.6 is 11.3 Å². The lowest BCUT2D eigenvalue weighted by atomic mass is 10.0. The third-order valence-corrected chi connectivity index (χ3v) is 6.74. The van der Waals surface area contributed by atoms with Gasteiger partial charge in [0.15, 0.2) is 5.13 Å². The lowest BCUT2D eigenvalue weighted by molar-refractivity contribution is -0.134. The number of phenols is 1. The number of likely N-dealkylation sites (tertiary alicyclic amines) is 1. The van der Waals surface area contributed by atoms with E-state index in [4.69, 9.17) is 15.2 Å². The zero-order chi connectivity index (χ0) is 25.2. The van der Waals surface area contributed by atoms with Crippen LogP contribution in [0.25, 0.3) is 16.3 Å². The van der Waals surface area contributed by atoms with Gasteiger partial charge < -0.3 is 20.2 Å². The highest BCUT2D eigenvalue weighted by Gasteiger charge is 2.24. The molecular formula is C26H29N3O5S. The molecule has 0 atom stereocenters. The average Bonchev–Trinajstić information content (AvgIpc) is 3.27. The van der Waals surface area contributed by atoms with Crippen LogP contribution in [0.3, 0.4) is 0 Å². The van der Waals surface area contributed by atoms with Gasteiger partial charge in [0.05, 0.1) is 10.2 Å². The molecule has 184 valence electrons. The van der Waals surface area contributed by atoms with Gasteiger partial charge in [-0.2, -0.15) is 0 Å². The van der Waals surface area contributed by atoms with Crippen LogP contribution in [0.1, 0.15) is 18.4 Å². The van der Waals surface area contributed by atoms with E-state index >= 15 is 0 Å². The summed E-state index contributed by atoms with van der Waals surface area (Å²) in [7, 11) is 2.15. The Morgan fingerprint density at radius 2 is 1.74 bits per heavy atom. The van der Waals surface area contributed by atoms with Crippen molar-refractivity contribution in [2.75, 3.05) is 31.6 Å². The maximum absolute atomic E-state index is 9.64. The van der Waals surface area contributed by atoms with Crippen LogP contribution in [-0.2, 0) is 9.59 Å². The van der Waals surface area contributed by atoms with Gasteiger partial charge in [0.25, 0.3) is 0 Å². The number of thiazole rings is 1. The predicted molar refractivity (Wildman–Crippen MR) is 139 cm³/mol. The Morgan fingerprint density at radius 3 is 2.37 bits per heavy atom. The number of hydrogen-bond donors (Lipinski definition) is 3. The molecule has 3 N–H and O–H groups in total. The van der Waals surface area contributed by atoms with Gasteiger partial charge in [0, 0.05) is 50.9 Å². The van der Waals surface area contributed by atoms with E-state index in [1.807, 2.05) is 12.1 Å². The van der Waals surface area contributed by atoms with Gasteiger partial charge in [0.1, 0.15) is 5.75 Å². The normalized spacial score (nSPS) is 14.8. The van der Waals surface area contributed by atoms with Crippen molar-refractivity contribution in [2.24, 2.45) is 0 Å². The smallest absolute Gasteiger partial charge is 0.328 e. The van der Waals surface area contributed by atoms with Crippen molar-refractivity contribution in [3.63, 3.8) is 0 Å². The molecule has 4 rings (SSSR count). The summed E-state index contributed by atoms with van der Waals surface area (Å²) in [6.45, 7) is 3.23. The summed E-state index contributed by atoms with van der Waals surface area (Å²) in [5.74, 6) is -2.24. The van der Waals surface area contributed by atoms with E-state index in [9.17, 15) is 14.7 Å². The van der Waals surface area contributed by atoms with Gasteiger partial charge in [-0.15, -0.1) is 0 Å². The summed E-state index contributed by atoms with van der Waals surface area (Å²) < 4.78 is 1.12. The summed E-state index contributed by atoms with van der Waals surface area (Å²) in [6, 6.07) is 16.4. The Bertz CT molecular complexity index is 1170. The van der Waals surface area contributed by atoms with Gasteiger partial charge in [-0.25, -0.2) is 14.6 Å². The molecule has 0 bridgehead atoms. The fourth-order valence-corrected chi connectivity index (χ4v) is 4.72. The van der Waals surface area contributed by atoms with Crippen LogP contribution in [0.5, 0.6) is 5.75 Å². The van der Waals surface area contributed by atoms with Crippen molar-refractivity contribution in [2.45, 2.75) is 18.9 Å². The molecule has 0 spiro atoms. The second-order valence-electron chi connectivity index (χ2n) is 8.11. The Morgan fingerprint density at radius 1 is 1.09 bits per heavy atom. The van der Waals surface area contributed by atoms with Crippen LogP contribution in [0.15, 0.2) is 66.8 Å². The van der Waals surface area contributed by atoms with Crippen LogP contribution in [0, 0.1) is 0 Å². The number of aliphatic carboxylic acids is 2. The lowest BCUT2D eigenvalue weighted by Crippen LogP contribution is -2.43. The number of phenolic OH excluding ortho intramolecular Hbond substituents is 1. The Balaban J connectivity index is 0.000000371. The molecular weight excluding hydrogens is 466 g/mol. The molecule has 1 aliphatic rings. The molecule has 8 nitrogen and oxygen atoms in total. The molecule has 1 saturated heterocycles. The van der Waals surface area contributed by atoms with Crippen molar-refractivity contribution in [3.05, 3.63) is 72.3 Å². The van der Waals surface area contributed by atoms with E-state index in [1.165, 1.54) is 5.56 Å². The molecule has 1 fully saturated rings. The number of fused-ring (bicyclic) bond motifs is 1. The van der Waals surface area contributed by atoms with Gasteiger partial charge in [0.2, 0.25) is 0 Å². The number of carboxylic acids is 2.